The molecule has 4 heterocycles. The molecule has 4 heteroatoms. The average molecular weight is 587 g/mol. The van der Waals surface area contributed by atoms with Gasteiger partial charge >= 0.3 is 0 Å². The monoisotopic (exact) mass is 586 g/mol. The predicted octanol–water partition coefficient (Wildman–Crippen LogP) is 10.7. The number of nitrogens with zero attached hydrogens (tertiary/aromatic N) is 4. The largest absolute Gasteiger partial charge is 0.252 e. The highest BCUT2D eigenvalue weighted by Crippen LogP contribution is 2.43. The lowest BCUT2D eigenvalue weighted by molar-refractivity contribution is 1.26. The molecule has 0 aliphatic carbocycles. The van der Waals surface area contributed by atoms with Crippen molar-refractivity contribution >= 4 is 76.2 Å². The number of para-hydroxylation sites is 2. The van der Waals surface area contributed by atoms with Gasteiger partial charge in [-0.15, -0.1) is 0 Å². The van der Waals surface area contributed by atoms with Crippen LogP contribution in [0, 0.1) is 13.8 Å². The molecule has 0 N–H and O–H groups in total. The van der Waals surface area contributed by atoms with Crippen LogP contribution in [-0.4, -0.2) is 19.9 Å². The zero-order valence-electron chi connectivity index (χ0n) is 25.3. The second kappa shape index (κ2) is 9.26. The highest BCUT2D eigenvalue weighted by atomic mass is 14.7. The van der Waals surface area contributed by atoms with Gasteiger partial charge < -0.3 is 0 Å². The molecule has 0 atom stereocenters. The number of aryl methyl sites for hydroxylation is 2. The van der Waals surface area contributed by atoms with E-state index in [0.29, 0.717) is 0 Å². The molecule has 4 nitrogen and oxygen atoms in total. The summed E-state index contributed by atoms with van der Waals surface area (Å²) in [5, 5.41) is 9.19. The topological polar surface area (TPSA) is 51.6 Å². The summed E-state index contributed by atoms with van der Waals surface area (Å²) >= 11 is 0. The molecule has 0 radical (unpaired) electrons. The summed E-state index contributed by atoms with van der Waals surface area (Å²) in [6.07, 6.45) is 0. The smallest absolute Gasteiger partial charge is 0.0719 e. The Kier molecular flexibility index (Phi) is 5.10. The van der Waals surface area contributed by atoms with Gasteiger partial charge in [0.15, 0.2) is 0 Å². The molecule has 0 saturated carbocycles. The molecular weight excluding hydrogens is 560 g/mol. The van der Waals surface area contributed by atoms with E-state index in [9.17, 15) is 0 Å². The second-order valence-electron chi connectivity index (χ2n) is 12.3. The fourth-order valence-corrected chi connectivity index (χ4v) is 7.46. The molecule has 0 fully saturated rings. The fraction of sp³-hybridized carbons (Fsp3) is 0.0476. The van der Waals surface area contributed by atoms with Crippen LogP contribution < -0.4 is 0 Å². The third kappa shape index (κ3) is 3.61. The van der Waals surface area contributed by atoms with Crippen LogP contribution in [0.5, 0.6) is 0 Å². The lowest BCUT2D eigenvalue weighted by Crippen LogP contribution is -1.98. The molecular formula is C42H26N4. The third-order valence-corrected chi connectivity index (χ3v) is 9.58. The Hall–Kier alpha value is -6.00. The van der Waals surface area contributed by atoms with Crippen molar-refractivity contribution in [1.29, 1.82) is 0 Å². The second-order valence-corrected chi connectivity index (χ2v) is 12.3. The van der Waals surface area contributed by atoms with Gasteiger partial charge in [0.25, 0.3) is 0 Å². The van der Waals surface area contributed by atoms with Crippen LogP contribution in [0.15, 0.2) is 121 Å². The van der Waals surface area contributed by atoms with Crippen LogP contribution in [0.2, 0.25) is 0 Å². The Balaban J connectivity index is 1.23. The standard InChI is InChI=1S/C42H26N4/c1-23-39-31(25-11-13-29-19-27-7-3-5-9-33(27)45-37(29)21-25)15-18-36-41(39)42-35(43-23)17-16-32(40(42)24(2)44-36)26-12-14-30-20-28-8-4-6-10-34(28)46-38(30)22-26/h3-22H,1-2H3. The zero-order chi connectivity index (χ0) is 30.5. The molecule has 0 aliphatic rings. The minimum absolute atomic E-state index is 0.987. The average Bonchev–Trinajstić information content (AvgIpc) is 3.08. The van der Waals surface area contributed by atoms with E-state index in [1.54, 1.807) is 0 Å². The van der Waals surface area contributed by atoms with Gasteiger partial charge in [-0.05, 0) is 84.6 Å². The summed E-state index contributed by atoms with van der Waals surface area (Å²) in [7, 11) is 0. The first-order chi connectivity index (χ1) is 22.6. The number of hydrogen-bond donors (Lipinski definition) is 0. The van der Waals surface area contributed by atoms with Crippen molar-refractivity contribution in [1.82, 2.24) is 19.9 Å². The summed E-state index contributed by atoms with van der Waals surface area (Å²) < 4.78 is 0. The van der Waals surface area contributed by atoms with Crippen molar-refractivity contribution < 1.29 is 0 Å². The van der Waals surface area contributed by atoms with Gasteiger partial charge in [0.2, 0.25) is 0 Å². The highest BCUT2D eigenvalue weighted by Gasteiger charge is 2.21. The van der Waals surface area contributed by atoms with Crippen molar-refractivity contribution in [2.75, 3.05) is 0 Å². The molecule has 0 amide bonds. The highest BCUT2D eigenvalue weighted by molar-refractivity contribution is 6.27. The number of fused-ring (bicyclic) bond motifs is 4. The number of benzene rings is 6. The lowest BCUT2D eigenvalue weighted by Gasteiger charge is -2.19. The van der Waals surface area contributed by atoms with Crippen LogP contribution in [-0.2, 0) is 0 Å². The Morgan fingerprint density at radius 2 is 0.761 bits per heavy atom. The maximum atomic E-state index is 5.20. The van der Waals surface area contributed by atoms with Crippen LogP contribution in [0.4, 0.5) is 0 Å². The van der Waals surface area contributed by atoms with Crippen LogP contribution in [0.1, 0.15) is 11.4 Å². The number of pyridine rings is 4. The quantitative estimate of drug-likeness (QED) is 0.149. The molecule has 4 aromatic heterocycles. The maximum absolute atomic E-state index is 5.20. The first kappa shape index (κ1) is 25.3. The van der Waals surface area contributed by atoms with E-state index in [2.05, 4.69) is 123 Å². The number of hydrogen-bond acceptors (Lipinski definition) is 4. The van der Waals surface area contributed by atoms with Gasteiger partial charge in [-0.25, -0.2) is 9.97 Å². The lowest BCUT2D eigenvalue weighted by atomic mass is 9.89. The Bertz CT molecular complexity index is 2690. The van der Waals surface area contributed by atoms with Crippen LogP contribution >= 0.6 is 0 Å². The van der Waals surface area contributed by atoms with Crippen molar-refractivity contribution in [3.8, 4) is 22.3 Å². The van der Waals surface area contributed by atoms with Gasteiger partial charge in [0.1, 0.15) is 0 Å². The molecule has 6 aromatic carbocycles. The molecule has 0 aliphatic heterocycles. The first-order valence-corrected chi connectivity index (χ1v) is 15.6. The minimum Gasteiger partial charge on any atom is -0.252 e. The molecule has 0 saturated heterocycles. The van der Waals surface area contributed by atoms with Gasteiger partial charge in [-0.1, -0.05) is 72.8 Å². The fourth-order valence-electron chi connectivity index (χ4n) is 7.46. The van der Waals surface area contributed by atoms with E-state index < -0.39 is 0 Å². The molecule has 10 rings (SSSR count). The maximum Gasteiger partial charge on any atom is 0.0719 e. The van der Waals surface area contributed by atoms with Crippen LogP contribution in [0.25, 0.3) is 98.4 Å². The SMILES string of the molecule is Cc1nc2ccc(-c3ccc4cc5ccccc5nc4c3)c3c(C)nc4ccc(-c5ccc6cc7ccccc7nc6c5)c1c4c23. The van der Waals surface area contributed by atoms with Crippen molar-refractivity contribution in [2.24, 2.45) is 0 Å². The van der Waals surface area contributed by atoms with E-state index in [-0.39, 0.29) is 0 Å². The van der Waals surface area contributed by atoms with Gasteiger partial charge in [-0.2, -0.15) is 0 Å². The summed E-state index contributed by atoms with van der Waals surface area (Å²) in [6, 6.07) is 43.0. The molecule has 0 unspecified atom stereocenters. The van der Waals surface area contributed by atoms with E-state index in [0.717, 1.165) is 99.1 Å². The summed E-state index contributed by atoms with van der Waals surface area (Å²) in [4.78, 5) is 20.4. The number of rotatable bonds is 2. The zero-order valence-corrected chi connectivity index (χ0v) is 25.3. The van der Waals surface area contributed by atoms with E-state index in [4.69, 9.17) is 19.9 Å². The van der Waals surface area contributed by atoms with Crippen molar-refractivity contribution in [2.45, 2.75) is 13.8 Å². The van der Waals surface area contributed by atoms with Crippen LogP contribution in [0.3, 0.4) is 0 Å². The van der Waals surface area contributed by atoms with E-state index in [1.807, 2.05) is 12.1 Å². The third-order valence-electron chi connectivity index (χ3n) is 9.58. The Morgan fingerprint density at radius 1 is 0.326 bits per heavy atom. The molecule has 10 aromatic rings. The molecule has 214 valence electrons. The Morgan fingerprint density at radius 3 is 1.24 bits per heavy atom. The van der Waals surface area contributed by atoms with E-state index >= 15 is 0 Å². The Labute approximate surface area is 264 Å². The van der Waals surface area contributed by atoms with Crippen molar-refractivity contribution in [3.05, 3.63) is 133 Å². The van der Waals surface area contributed by atoms with Gasteiger partial charge in [-0.3, -0.25) is 9.97 Å². The number of aromatic nitrogens is 4. The normalized spacial score (nSPS) is 12.1. The molecule has 0 bridgehead atoms. The summed E-state index contributed by atoms with van der Waals surface area (Å²) in [6.45, 7) is 4.24. The molecule has 46 heavy (non-hydrogen) atoms. The van der Waals surface area contributed by atoms with Crippen molar-refractivity contribution in [3.63, 3.8) is 0 Å². The van der Waals surface area contributed by atoms with Gasteiger partial charge in [0.05, 0.1) is 33.1 Å². The summed E-state index contributed by atoms with van der Waals surface area (Å²) in [5.41, 5.74) is 12.5. The minimum atomic E-state index is 0.987. The van der Waals surface area contributed by atoms with Gasteiger partial charge in [0, 0.05) is 54.5 Å². The first-order valence-electron chi connectivity index (χ1n) is 15.6. The predicted molar refractivity (Wildman–Crippen MR) is 192 cm³/mol. The van der Waals surface area contributed by atoms with E-state index in [1.165, 1.54) is 10.8 Å². The molecule has 0 spiro atoms. The summed E-state index contributed by atoms with van der Waals surface area (Å²) in [5.74, 6) is 0.